The van der Waals surface area contributed by atoms with Crippen molar-refractivity contribution in [3.05, 3.63) is 95.1 Å². The van der Waals surface area contributed by atoms with E-state index in [0.29, 0.717) is 22.1 Å². The van der Waals surface area contributed by atoms with Gasteiger partial charge < -0.3 is 11.5 Å². The van der Waals surface area contributed by atoms with Crippen LogP contribution >= 0.6 is 0 Å². The first-order valence-electron chi connectivity index (χ1n) is 10.5. The standard InChI is InChI=1S/C26H16N4O4/c27-17-9-1-7-15-21(17)25(33)29(23(15)31)19-11-3-6-14-13(19)5-4-12-20(14)30-24(32)16-8-2-10-18(28)22(16)26(30)34/h1-12H,27-28H2. The molecule has 4 aromatic carbocycles. The summed E-state index contributed by atoms with van der Waals surface area (Å²) in [6, 6.07) is 19.6. The Hall–Kier alpha value is -4.98. The molecule has 0 spiro atoms. The molecule has 0 unspecified atom stereocenters. The van der Waals surface area contributed by atoms with Crippen LogP contribution in [0.15, 0.2) is 72.8 Å². The molecule has 6 rings (SSSR count). The Morgan fingerprint density at radius 2 is 0.853 bits per heavy atom. The summed E-state index contributed by atoms with van der Waals surface area (Å²) < 4.78 is 0. The van der Waals surface area contributed by atoms with Crippen molar-refractivity contribution >= 4 is 57.2 Å². The number of nitrogens with zero attached hydrogens (tertiary/aromatic N) is 2. The summed E-state index contributed by atoms with van der Waals surface area (Å²) in [6.07, 6.45) is 0. The number of fused-ring (bicyclic) bond motifs is 3. The molecule has 4 aromatic rings. The molecule has 0 bridgehead atoms. The van der Waals surface area contributed by atoms with Gasteiger partial charge in [-0.3, -0.25) is 19.2 Å². The molecule has 34 heavy (non-hydrogen) atoms. The van der Waals surface area contributed by atoms with Crippen molar-refractivity contribution < 1.29 is 19.2 Å². The maximum Gasteiger partial charge on any atom is 0.268 e. The lowest BCUT2D eigenvalue weighted by molar-refractivity contribution is 0.0910. The van der Waals surface area contributed by atoms with Gasteiger partial charge >= 0.3 is 0 Å². The SMILES string of the molecule is Nc1cccc2c1C(=O)N(c1cccc3c(N4C(=O)c5cccc(N)c5C4=O)cccc13)C2=O. The lowest BCUT2D eigenvalue weighted by Crippen LogP contribution is -2.31. The fourth-order valence-electron chi connectivity index (χ4n) is 4.73. The summed E-state index contributed by atoms with van der Waals surface area (Å²) in [5.74, 6) is -2.02. The molecule has 0 saturated carbocycles. The molecule has 2 aliphatic heterocycles. The van der Waals surface area contributed by atoms with Crippen molar-refractivity contribution in [2.75, 3.05) is 21.3 Å². The Morgan fingerprint density at radius 3 is 1.24 bits per heavy atom. The molecular weight excluding hydrogens is 432 g/mol. The topological polar surface area (TPSA) is 127 Å². The number of imide groups is 2. The summed E-state index contributed by atoms with van der Waals surface area (Å²) in [4.78, 5) is 54.9. The van der Waals surface area contributed by atoms with Gasteiger partial charge in [-0.25, -0.2) is 9.80 Å². The van der Waals surface area contributed by atoms with Gasteiger partial charge in [0, 0.05) is 22.1 Å². The number of nitrogens with two attached hydrogens (primary N) is 2. The molecule has 0 aliphatic carbocycles. The maximum absolute atomic E-state index is 13.2. The van der Waals surface area contributed by atoms with Crippen molar-refractivity contribution in [2.24, 2.45) is 0 Å². The molecule has 8 nitrogen and oxygen atoms in total. The van der Waals surface area contributed by atoms with Crippen LogP contribution in [0.4, 0.5) is 22.7 Å². The molecule has 0 aromatic heterocycles. The quantitative estimate of drug-likeness (QED) is 0.356. The van der Waals surface area contributed by atoms with E-state index in [9.17, 15) is 19.2 Å². The molecule has 0 saturated heterocycles. The molecule has 0 fully saturated rings. The fraction of sp³-hybridized carbons (Fsp3) is 0. The highest BCUT2D eigenvalue weighted by molar-refractivity contribution is 6.39. The minimum Gasteiger partial charge on any atom is -0.398 e. The zero-order valence-electron chi connectivity index (χ0n) is 17.6. The van der Waals surface area contributed by atoms with Crippen molar-refractivity contribution in [1.29, 1.82) is 0 Å². The second-order valence-electron chi connectivity index (χ2n) is 8.08. The molecular formula is C26H16N4O4. The van der Waals surface area contributed by atoms with Crippen molar-refractivity contribution in [3.63, 3.8) is 0 Å². The summed E-state index contributed by atoms with van der Waals surface area (Å²) in [6.45, 7) is 0. The van der Waals surface area contributed by atoms with Crippen LogP contribution in [-0.4, -0.2) is 23.6 Å². The highest BCUT2D eigenvalue weighted by Crippen LogP contribution is 2.40. The zero-order chi connectivity index (χ0) is 23.7. The van der Waals surface area contributed by atoms with Crippen LogP contribution < -0.4 is 21.3 Å². The number of benzene rings is 4. The van der Waals surface area contributed by atoms with Gasteiger partial charge in [-0.15, -0.1) is 0 Å². The fourth-order valence-corrected chi connectivity index (χ4v) is 4.73. The van der Waals surface area contributed by atoms with E-state index in [-0.39, 0.29) is 33.6 Å². The summed E-state index contributed by atoms with van der Waals surface area (Å²) in [5.41, 5.74) is 13.9. The van der Waals surface area contributed by atoms with Gasteiger partial charge in [0.2, 0.25) is 0 Å². The van der Waals surface area contributed by atoms with E-state index < -0.39 is 23.6 Å². The first-order chi connectivity index (χ1) is 16.4. The van der Waals surface area contributed by atoms with Crippen molar-refractivity contribution in [1.82, 2.24) is 0 Å². The third-order valence-corrected chi connectivity index (χ3v) is 6.25. The smallest absolute Gasteiger partial charge is 0.268 e. The summed E-state index contributed by atoms with van der Waals surface area (Å²) in [5, 5.41) is 1.05. The normalized spacial score (nSPS) is 14.8. The molecule has 2 aliphatic rings. The first kappa shape index (κ1) is 19.7. The molecule has 0 atom stereocenters. The number of amides is 4. The molecule has 164 valence electrons. The zero-order valence-corrected chi connectivity index (χ0v) is 17.6. The van der Waals surface area contributed by atoms with Crippen LogP contribution in [0.2, 0.25) is 0 Å². The summed E-state index contributed by atoms with van der Waals surface area (Å²) in [7, 11) is 0. The van der Waals surface area contributed by atoms with Crippen LogP contribution in [0.5, 0.6) is 0 Å². The second kappa shape index (κ2) is 6.76. The maximum atomic E-state index is 13.2. The average Bonchev–Trinajstić information content (AvgIpc) is 3.24. The number of anilines is 4. The third kappa shape index (κ3) is 2.42. The first-order valence-corrected chi connectivity index (χ1v) is 10.5. The third-order valence-electron chi connectivity index (χ3n) is 6.25. The Labute approximate surface area is 193 Å². The molecule has 8 heteroatoms. The van der Waals surface area contributed by atoms with E-state index >= 15 is 0 Å². The minimum atomic E-state index is -0.524. The Bertz CT molecular complexity index is 1500. The number of carbonyl (C=O) groups is 4. The number of nitrogen functional groups attached to an aromatic ring is 2. The number of hydrogen-bond acceptors (Lipinski definition) is 6. The van der Waals surface area contributed by atoms with Crippen LogP contribution in [0, 0.1) is 0 Å². The Balaban J connectivity index is 1.52. The van der Waals surface area contributed by atoms with Gasteiger partial charge in [0.1, 0.15) is 0 Å². The van der Waals surface area contributed by atoms with Gasteiger partial charge in [-0.1, -0.05) is 36.4 Å². The van der Waals surface area contributed by atoms with E-state index in [2.05, 4.69) is 0 Å². The number of hydrogen-bond donors (Lipinski definition) is 2. The van der Waals surface area contributed by atoms with Gasteiger partial charge in [0.25, 0.3) is 23.6 Å². The highest BCUT2D eigenvalue weighted by Gasteiger charge is 2.41. The molecule has 2 heterocycles. The second-order valence-corrected chi connectivity index (χ2v) is 8.08. The number of carbonyl (C=O) groups excluding carboxylic acids is 4. The van der Waals surface area contributed by atoms with Crippen LogP contribution in [0.1, 0.15) is 41.4 Å². The van der Waals surface area contributed by atoms with Gasteiger partial charge in [0.15, 0.2) is 0 Å². The van der Waals surface area contributed by atoms with Crippen LogP contribution in [0.25, 0.3) is 10.8 Å². The monoisotopic (exact) mass is 448 g/mol. The van der Waals surface area contributed by atoms with E-state index in [4.69, 9.17) is 11.5 Å². The van der Waals surface area contributed by atoms with E-state index in [1.165, 1.54) is 0 Å². The van der Waals surface area contributed by atoms with Crippen molar-refractivity contribution in [2.45, 2.75) is 0 Å². The Kier molecular flexibility index (Phi) is 3.91. The minimum absolute atomic E-state index is 0.163. The lowest BCUT2D eigenvalue weighted by Gasteiger charge is -2.20. The van der Waals surface area contributed by atoms with Crippen LogP contribution in [-0.2, 0) is 0 Å². The predicted octanol–water partition coefficient (Wildman–Crippen LogP) is 3.61. The van der Waals surface area contributed by atoms with Crippen molar-refractivity contribution in [3.8, 4) is 0 Å². The molecule has 0 radical (unpaired) electrons. The molecule has 4 amide bonds. The Morgan fingerprint density at radius 1 is 0.471 bits per heavy atom. The van der Waals surface area contributed by atoms with E-state index in [1.807, 2.05) is 0 Å². The highest BCUT2D eigenvalue weighted by atomic mass is 16.2. The van der Waals surface area contributed by atoms with Crippen LogP contribution in [0.3, 0.4) is 0 Å². The molecule has 4 N–H and O–H groups in total. The largest absolute Gasteiger partial charge is 0.398 e. The number of rotatable bonds is 2. The van der Waals surface area contributed by atoms with Gasteiger partial charge in [-0.2, -0.15) is 0 Å². The predicted molar refractivity (Wildman–Crippen MR) is 128 cm³/mol. The van der Waals surface area contributed by atoms with Gasteiger partial charge in [0.05, 0.1) is 33.6 Å². The average molecular weight is 448 g/mol. The van der Waals surface area contributed by atoms with E-state index in [1.54, 1.807) is 72.8 Å². The lowest BCUT2D eigenvalue weighted by atomic mass is 10.0. The van der Waals surface area contributed by atoms with Gasteiger partial charge in [-0.05, 0) is 36.4 Å². The van der Waals surface area contributed by atoms with E-state index in [0.717, 1.165) is 9.80 Å². The summed E-state index contributed by atoms with van der Waals surface area (Å²) >= 11 is 0.